The van der Waals surface area contributed by atoms with Gasteiger partial charge in [-0.05, 0) is 23.8 Å². The maximum atomic E-state index is 12.6. The second kappa shape index (κ2) is 10.8. The van der Waals surface area contributed by atoms with Crippen LogP contribution in [0.5, 0.6) is 0 Å². The summed E-state index contributed by atoms with van der Waals surface area (Å²) in [5.41, 5.74) is 0.0108. The van der Waals surface area contributed by atoms with Crippen molar-refractivity contribution in [3.05, 3.63) is 53.9 Å². The number of hydrogen-bond acceptors (Lipinski definition) is 5. The van der Waals surface area contributed by atoms with E-state index < -0.39 is 11.7 Å². The van der Waals surface area contributed by atoms with Crippen LogP contribution in [0.25, 0.3) is 0 Å². The molecule has 1 aliphatic heterocycles. The smallest absolute Gasteiger partial charge is 0.356 e. The van der Waals surface area contributed by atoms with Crippen LogP contribution in [0.1, 0.15) is 17.5 Å². The Morgan fingerprint density at radius 2 is 1.72 bits per heavy atom. The van der Waals surface area contributed by atoms with Crippen LogP contribution < -0.4 is 15.5 Å². The van der Waals surface area contributed by atoms with E-state index in [2.05, 4.69) is 30.5 Å². The van der Waals surface area contributed by atoms with Crippen LogP contribution >= 0.6 is 0 Å². The molecule has 2 aromatic rings. The van der Waals surface area contributed by atoms with Crippen LogP contribution in [0.4, 0.5) is 19.1 Å². The number of alkyl halides is 3. The van der Waals surface area contributed by atoms with Gasteiger partial charge in [0.1, 0.15) is 0 Å². The first-order chi connectivity index (χ1) is 15.4. The van der Waals surface area contributed by atoms with Crippen LogP contribution in [-0.2, 0) is 17.5 Å². The van der Waals surface area contributed by atoms with Crippen molar-refractivity contribution in [2.45, 2.75) is 19.1 Å². The minimum absolute atomic E-state index is 0.0457. The standard InChI is InChI=1S/C21H26F3N7O/c1-25-19(29-15-16-3-5-17(6-4-16)21(22,23)24)26-10-7-18(32)30-11-13-31(14-12-30)20-27-8-2-9-28-20/h2-6,8-9H,7,10-15H2,1H3,(H2,25,26,29). The van der Waals surface area contributed by atoms with Gasteiger partial charge >= 0.3 is 6.18 Å². The van der Waals surface area contributed by atoms with Gasteiger partial charge in [0.05, 0.1) is 5.56 Å². The van der Waals surface area contributed by atoms with Crippen molar-refractivity contribution < 1.29 is 18.0 Å². The number of carbonyl (C=O) groups excluding carboxylic acids is 1. The number of aromatic nitrogens is 2. The van der Waals surface area contributed by atoms with Gasteiger partial charge in [-0.25, -0.2) is 9.97 Å². The molecule has 1 aliphatic rings. The molecule has 172 valence electrons. The van der Waals surface area contributed by atoms with Gasteiger partial charge in [0.2, 0.25) is 11.9 Å². The monoisotopic (exact) mass is 449 g/mol. The van der Waals surface area contributed by atoms with E-state index in [-0.39, 0.29) is 5.91 Å². The van der Waals surface area contributed by atoms with Crippen molar-refractivity contribution >= 4 is 17.8 Å². The highest BCUT2D eigenvalue weighted by atomic mass is 19.4. The number of aliphatic imine (C=N–C) groups is 1. The Kier molecular flexibility index (Phi) is 7.85. The normalized spacial score (nSPS) is 14.9. The number of anilines is 1. The van der Waals surface area contributed by atoms with Crippen LogP contribution in [0.2, 0.25) is 0 Å². The minimum Gasteiger partial charge on any atom is -0.356 e. The van der Waals surface area contributed by atoms with E-state index in [1.165, 1.54) is 12.1 Å². The van der Waals surface area contributed by atoms with Crippen LogP contribution in [0.3, 0.4) is 0 Å². The van der Waals surface area contributed by atoms with E-state index in [0.29, 0.717) is 63.2 Å². The SMILES string of the molecule is CN=C(NCCC(=O)N1CCN(c2ncccn2)CC1)NCc1ccc(C(F)(F)F)cc1. The summed E-state index contributed by atoms with van der Waals surface area (Å²) in [6.45, 7) is 3.29. The Hall–Kier alpha value is -3.37. The Labute approximate surface area is 184 Å². The summed E-state index contributed by atoms with van der Waals surface area (Å²) in [5, 5.41) is 6.09. The molecule has 1 amide bonds. The molecular weight excluding hydrogens is 423 g/mol. The zero-order chi connectivity index (χ0) is 23.0. The minimum atomic E-state index is -4.35. The van der Waals surface area contributed by atoms with E-state index in [1.807, 2.05) is 4.90 Å². The summed E-state index contributed by atoms with van der Waals surface area (Å²) in [6, 6.07) is 6.72. The fourth-order valence-electron chi connectivity index (χ4n) is 3.27. The highest BCUT2D eigenvalue weighted by Gasteiger charge is 2.29. The predicted octanol–water partition coefficient (Wildman–Crippen LogP) is 1.90. The Morgan fingerprint density at radius 3 is 2.31 bits per heavy atom. The highest BCUT2D eigenvalue weighted by Crippen LogP contribution is 2.29. The van der Waals surface area contributed by atoms with Gasteiger partial charge in [0, 0.05) is 65.1 Å². The van der Waals surface area contributed by atoms with Crippen molar-refractivity contribution in [3.8, 4) is 0 Å². The summed E-state index contributed by atoms with van der Waals surface area (Å²) in [6.07, 6.45) is -0.644. The Balaban J connectivity index is 1.37. The number of rotatable bonds is 6. The number of halogens is 3. The Bertz CT molecular complexity index is 896. The fraction of sp³-hybridized carbons (Fsp3) is 0.429. The second-order valence-corrected chi connectivity index (χ2v) is 7.21. The van der Waals surface area contributed by atoms with Gasteiger partial charge in [-0.15, -0.1) is 0 Å². The lowest BCUT2D eigenvalue weighted by Gasteiger charge is -2.34. The summed E-state index contributed by atoms with van der Waals surface area (Å²) in [4.78, 5) is 28.9. The molecule has 2 N–H and O–H groups in total. The van der Waals surface area contributed by atoms with E-state index in [9.17, 15) is 18.0 Å². The molecule has 1 aromatic heterocycles. The molecule has 0 spiro atoms. The first kappa shape index (κ1) is 23.3. The number of nitrogens with one attached hydrogen (secondary N) is 2. The number of guanidine groups is 1. The van der Waals surface area contributed by atoms with Crippen molar-refractivity contribution in [2.75, 3.05) is 44.7 Å². The zero-order valence-corrected chi connectivity index (χ0v) is 17.8. The molecule has 3 rings (SSSR count). The van der Waals surface area contributed by atoms with E-state index in [0.717, 1.165) is 12.1 Å². The van der Waals surface area contributed by atoms with Crippen molar-refractivity contribution in [1.82, 2.24) is 25.5 Å². The highest BCUT2D eigenvalue weighted by molar-refractivity contribution is 5.81. The molecule has 0 saturated carbocycles. The van der Waals surface area contributed by atoms with E-state index >= 15 is 0 Å². The van der Waals surface area contributed by atoms with Crippen molar-refractivity contribution in [3.63, 3.8) is 0 Å². The van der Waals surface area contributed by atoms with Gasteiger partial charge in [-0.3, -0.25) is 9.79 Å². The molecule has 0 atom stereocenters. The van der Waals surface area contributed by atoms with Gasteiger partial charge in [0.25, 0.3) is 0 Å². The Morgan fingerprint density at radius 1 is 1.06 bits per heavy atom. The number of hydrogen-bond donors (Lipinski definition) is 2. The number of amides is 1. The summed E-state index contributed by atoms with van der Waals surface area (Å²) < 4.78 is 37.9. The van der Waals surface area contributed by atoms with Crippen LogP contribution in [0.15, 0.2) is 47.7 Å². The van der Waals surface area contributed by atoms with Gasteiger partial charge in [-0.2, -0.15) is 13.2 Å². The molecular formula is C21H26F3N7O. The van der Waals surface area contributed by atoms with Crippen LogP contribution in [0, 0.1) is 0 Å². The third kappa shape index (κ3) is 6.56. The van der Waals surface area contributed by atoms with Crippen molar-refractivity contribution in [2.24, 2.45) is 4.99 Å². The molecule has 32 heavy (non-hydrogen) atoms. The van der Waals surface area contributed by atoms with E-state index in [1.54, 1.807) is 25.5 Å². The molecule has 2 heterocycles. The quantitative estimate of drug-likeness (QED) is 0.518. The molecule has 1 aromatic carbocycles. The van der Waals surface area contributed by atoms with Crippen LogP contribution in [-0.4, -0.2) is 66.5 Å². The third-order valence-corrected chi connectivity index (χ3v) is 5.06. The second-order valence-electron chi connectivity index (χ2n) is 7.21. The number of benzene rings is 1. The topological polar surface area (TPSA) is 85.8 Å². The fourth-order valence-corrected chi connectivity index (χ4v) is 3.27. The molecule has 1 saturated heterocycles. The predicted molar refractivity (Wildman–Crippen MR) is 115 cm³/mol. The molecule has 1 fully saturated rings. The average Bonchev–Trinajstić information content (AvgIpc) is 2.81. The maximum absolute atomic E-state index is 12.6. The third-order valence-electron chi connectivity index (χ3n) is 5.06. The van der Waals surface area contributed by atoms with Crippen molar-refractivity contribution in [1.29, 1.82) is 0 Å². The molecule has 0 unspecified atom stereocenters. The van der Waals surface area contributed by atoms with Gasteiger partial charge < -0.3 is 20.4 Å². The summed E-state index contributed by atoms with van der Waals surface area (Å²) >= 11 is 0. The molecule has 0 bridgehead atoms. The number of nitrogens with zero attached hydrogens (tertiary/aromatic N) is 5. The molecule has 0 radical (unpaired) electrons. The van der Waals surface area contributed by atoms with Gasteiger partial charge in [-0.1, -0.05) is 12.1 Å². The molecule has 0 aliphatic carbocycles. The lowest BCUT2D eigenvalue weighted by atomic mass is 10.1. The van der Waals surface area contributed by atoms with Gasteiger partial charge in [0.15, 0.2) is 5.96 Å². The lowest BCUT2D eigenvalue weighted by Crippen LogP contribution is -2.50. The summed E-state index contributed by atoms with van der Waals surface area (Å²) in [5.74, 6) is 1.19. The first-order valence-corrected chi connectivity index (χ1v) is 10.3. The van der Waals surface area contributed by atoms with E-state index in [4.69, 9.17) is 0 Å². The average molecular weight is 449 g/mol. The first-order valence-electron chi connectivity index (χ1n) is 10.3. The number of piperazine rings is 1. The maximum Gasteiger partial charge on any atom is 0.416 e. The number of carbonyl (C=O) groups is 1. The summed E-state index contributed by atoms with van der Waals surface area (Å²) in [7, 11) is 1.59. The molecule has 11 heteroatoms. The largest absolute Gasteiger partial charge is 0.416 e. The lowest BCUT2D eigenvalue weighted by molar-refractivity contribution is -0.137. The molecule has 8 nitrogen and oxygen atoms in total. The zero-order valence-electron chi connectivity index (χ0n) is 17.8.